The number of aliphatic carboxylic acids is 1. The highest BCUT2D eigenvalue weighted by Crippen LogP contribution is 2.45. The molecule has 2 fully saturated rings. The zero-order valence-electron chi connectivity index (χ0n) is 13.6. The van der Waals surface area contributed by atoms with Gasteiger partial charge in [0.05, 0.1) is 12.1 Å². The highest BCUT2D eigenvalue weighted by atomic mass is 32.2. The predicted molar refractivity (Wildman–Crippen MR) is 88.5 cm³/mol. The lowest BCUT2D eigenvalue weighted by atomic mass is 9.81. The molecule has 2 aliphatic rings. The van der Waals surface area contributed by atoms with E-state index in [0.717, 1.165) is 0 Å². The molecule has 134 valence electrons. The Balaban J connectivity index is 1.69. The summed E-state index contributed by atoms with van der Waals surface area (Å²) in [6.07, 6.45) is 2.91. The van der Waals surface area contributed by atoms with Gasteiger partial charge in [0.15, 0.2) is 11.5 Å². The smallest absolute Gasteiger partial charge is 0.313 e. The summed E-state index contributed by atoms with van der Waals surface area (Å²) < 4.78 is 25.7. The Hall–Kier alpha value is -2.27. The molecule has 4 rings (SSSR count). The van der Waals surface area contributed by atoms with Gasteiger partial charge in [-0.1, -0.05) is 0 Å². The lowest BCUT2D eigenvalue weighted by Gasteiger charge is -2.25. The summed E-state index contributed by atoms with van der Waals surface area (Å²) in [4.78, 5) is 29.4. The van der Waals surface area contributed by atoms with E-state index in [1.165, 1.54) is 17.0 Å². The molecule has 4 heterocycles. The molecule has 2 aromatic heterocycles. The molecule has 25 heavy (non-hydrogen) atoms. The molecule has 0 aliphatic carbocycles. The van der Waals surface area contributed by atoms with Crippen molar-refractivity contribution in [1.29, 1.82) is 0 Å². The van der Waals surface area contributed by atoms with Crippen LogP contribution in [-0.2, 0) is 14.8 Å². The first kappa shape index (κ1) is 16.2. The summed E-state index contributed by atoms with van der Waals surface area (Å²) in [6.45, 7) is 2.41. The van der Waals surface area contributed by atoms with Gasteiger partial charge in [-0.2, -0.15) is 0 Å². The summed E-state index contributed by atoms with van der Waals surface area (Å²) in [5, 5.41) is 9.87. The van der Waals surface area contributed by atoms with Crippen LogP contribution in [0.25, 0.3) is 11.2 Å². The number of carbonyl (C=O) groups is 1. The third-order valence-electron chi connectivity index (χ3n) is 5.26. The maximum absolute atomic E-state index is 12.2. The number of nitrogens with zero attached hydrogens (tertiary/aromatic N) is 5. The number of anilines is 1. The summed E-state index contributed by atoms with van der Waals surface area (Å²) >= 11 is 0. The van der Waals surface area contributed by atoms with Gasteiger partial charge in [-0.25, -0.2) is 27.7 Å². The first-order chi connectivity index (χ1) is 11.9. The van der Waals surface area contributed by atoms with Crippen molar-refractivity contribution in [1.82, 2.24) is 24.2 Å². The molecule has 2 aromatic rings. The molecule has 0 spiro atoms. The fourth-order valence-corrected chi connectivity index (χ4v) is 5.07. The molecule has 11 heteroatoms. The quantitative estimate of drug-likeness (QED) is 0.742. The van der Waals surface area contributed by atoms with Gasteiger partial charge >= 0.3 is 5.97 Å². The second-order valence-electron chi connectivity index (χ2n) is 6.53. The summed E-state index contributed by atoms with van der Waals surface area (Å²) in [7, 11) is -3.41. The number of sulfonamides is 1. The zero-order chi connectivity index (χ0) is 17.8. The van der Waals surface area contributed by atoms with Gasteiger partial charge in [-0.05, 0) is 6.92 Å². The van der Waals surface area contributed by atoms with Crippen molar-refractivity contribution < 1.29 is 18.3 Å². The number of carboxylic acids is 1. The Morgan fingerprint density at radius 1 is 1.36 bits per heavy atom. The van der Waals surface area contributed by atoms with Gasteiger partial charge in [-0.15, -0.1) is 0 Å². The van der Waals surface area contributed by atoms with Crippen LogP contribution < -0.4 is 4.90 Å². The minimum atomic E-state index is -3.41. The number of hydrogen-bond donors (Lipinski definition) is 2. The fraction of sp³-hybridized carbons (Fsp3) is 0.571. The van der Waals surface area contributed by atoms with Crippen molar-refractivity contribution in [2.75, 3.05) is 36.8 Å². The van der Waals surface area contributed by atoms with Gasteiger partial charge in [-0.3, -0.25) is 4.79 Å². The number of hydrogen-bond acceptors (Lipinski definition) is 7. The van der Waals surface area contributed by atoms with Crippen LogP contribution in [-0.4, -0.2) is 75.7 Å². The summed E-state index contributed by atoms with van der Waals surface area (Å²) in [5.41, 5.74) is 0.0437. The Kier molecular flexibility index (Phi) is 3.48. The second kappa shape index (κ2) is 5.36. The predicted octanol–water partition coefficient (Wildman–Crippen LogP) is -0.475. The van der Waals surface area contributed by atoms with E-state index in [4.69, 9.17) is 0 Å². The maximum Gasteiger partial charge on any atom is 0.313 e. The fourth-order valence-electron chi connectivity index (χ4n) is 3.87. The van der Waals surface area contributed by atoms with E-state index in [9.17, 15) is 18.3 Å². The van der Waals surface area contributed by atoms with E-state index in [-0.39, 0.29) is 31.3 Å². The Labute approximate surface area is 143 Å². The summed E-state index contributed by atoms with van der Waals surface area (Å²) in [6, 6.07) is 0. The number of H-pyrrole nitrogens is 1. The van der Waals surface area contributed by atoms with E-state index in [0.29, 0.717) is 23.5 Å². The van der Waals surface area contributed by atoms with E-state index in [2.05, 4.69) is 19.9 Å². The Morgan fingerprint density at radius 3 is 2.84 bits per heavy atom. The van der Waals surface area contributed by atoms with Crippen molar-refractivity contribution in [3.05, 3.63) is 12.7 Å². The Bertz CT molecular complexity index is 944. The number of rotatable bonds is 4. The molecule has 0 radical (unpaired) electrons. The first-order valence-corrected chi connectivity index (χ1v) is 9.58. The monoisotopic (exact) mass is 366 g/mol. The minimum absolute atomic E-state index is 0.00310. The summed E-state index contributed by atoms with van der Waals surface area (Å²) in [5.74, 6) is -0.690. The molecule has 2 aliphatic heterocycles. The molecule has 0 unspecified atom stereocenters. The van der Waals surface area contributed by atoms with Gasteiger partial charge in [0, 0.05) is 32.1 Å². The molecule has 2 saturated heterocycles. The highest BCUT2D eigenvalue weighted by Gasteiger charge is 2.59. The zero-order valence-corrected chi connectivity index (χ0v) is 14.4. The molecule has 0 bridgehead atoms. The first-order valence-electron chi connectivity index (χ1n) is 7.97. The maximum atomic E-state index is 12.2. The third kappa shape index (κ3) is 2.29. The molecular formula is C14H18N6O4S. The van der Waals surface area contributed by atoms with Gasteiger partial charge in [0.1, 0.15) is 17.3 Å². The van der Waals surface area contributed by atoms with Gasteiger partial charge in [0.25, 0.3) is 0 Å². The van der Waals surface area contributed by atoms with Crippen LogP contribution in [0.2, 0.25) is 0 Å². The van der Waals surface area contributed by atoms with Crippen LogP contribution in [0.15, 0.2) is 12.7 Å². The van der Waals surface area contributed by atoms with E-state index in [1.54, 1.807) is 6.92 Å². The number of aromatic nitrogens is 4. The number of carboxylic acid groups (broad SMARTS) is 1. The average Bonchev–Trinajstić information content (AvgIpc) is 3.26. The van der Waals surface area contributed by atoms with Crippen molar-refractivity contribution >= 4 is 33.0 Å². The van der Waals surface area contributed by atoms with Crippen LogP contribution in [0.5, 0.6) is 0 Å². The normalized spacial score (nSPS) is 27.1. The van der Waals surface area contributed by atoms with Crippen molar-refractivity contribution in [3.63, 3.8) is 0 Å². The van der Waals surface area contributed by atoms with E-state index >= 15 is 0 Å². The molecule has 0 aromatic carbocycles. The van der Waals surface area contributed by atoms with Crippen molar-refractivity contribution in [3.8, 4) is 0 Å². The Morgan fingerprint density at radius 2 is 2.16 bits per heavy atom. The highest BCUT2D eigenvalue weighted by molar-refractivity contribution is 7.89. The molecule has 10 nitrogen and oxygen atoms in total. The topological polar surface area (TPSA) is 132 Å². The molecule has 0 saturated carbocycles. The number of imidazole rings is 1. The third-order valence-corrected chi connectivity index (χ3v) is 7.06. The lowest BCUT2D eigenvalue weighted by molar-refractivity contribution is -0.148. The van der Waals surface area contributed by atoms with Crippen LogP contribution in [0.3, 0.4) is 0 Å². The molecular weight excluding hydrogens is 348 g/mol. The second-order valence-corrected chi connectivity index (χ2v) is 8.79. The van der Waals surface area contributed by atoms with Crippen LogP contribution in [0, 0.1) is 11.3 Å². The van der Waals surface area contributed by atoms with Gasteiger partial charge in [0.2, 0.25) is 10.0 Å². The van der Waals surface area contributed by atoms with Crippen LogP contribution >= 0.6 is 0 Å². The average molecular weight is 366 g/mol. The molecule has 0 amide bonds. The van der Waals surface area contributed by atoms with Crippen LogP contribution in [0.1, 0.15) is 6.92 Å². The number of fused-ring (bicyclic) bond motifs is 2. The van der Waals surface area contributed by atoms with Crippen LogP contribution in [0.4, 0.5) is 5.82 Å². The lowest BCUT2D eigenvalue weighted by Crippen LogP contribution is -2.42. The molecule has 2 atom stereocenters. The minimum Gasteiger partial charge on any atom is -0.481 e. The number of aromatic amines is 1. The van der Waals surface area contributed by atoms with E-state index < -0.39 is 21.4 Å². The number of nitrogens with one attached hydrogen (secondary N) is 1. The van der Waals surface area contributed by atoms with E-state index in [1.807, 2.05) is 4.90 Å². The van der Waals surface area contributed by atoms with Crippen molar-refractivity contribution in [2.24, 2.45) is 11.3 Å². The largest absolute Gasteiger partial charge is 0.481 e. The van der Waals surface area contributed by atoms with Crippen molar-refractivity contribution in [2.45, 2.75) is 6.92 Å². The standard InChI is InChI=1S/C14H18N6O4S/c1-2-25(23,24)20-4-9-3-19(5-14(9,6-20)13(21)22)12-10-11(16-7-15-10)17-8-18-12/h7-9H,2-6H2,1H3,(H,21,22)(H,15,16,17,18)/t9-,14-/m0/s1. The SMILES string of the molecule is CCS(=O)(=O)N1C[C@@H]2CN(c3ncnc4nc[nH]c34)C[C@]2(C(=O)O)C1. The van der Waals surface area contributed by atoms with Gasteiger partial charge < -0.3 is 15.0 Å². The molecule has 2 N–H and O–H groups in total.